The molecule has 5 nitrogen and oxygen atoms in total. The van der Waals surface area contributed by atoms with Crippen LogP contribution in [0.5, 0.6) is 0 Å². The van der Waals surface area contributed by atoms with Gasteiger partial charge in [0.1, 0.15) is 5.82 Å². The van der Waals surface area contributed by atoms with Gasteiger partial charge in [0.15, 0.2) is 0 Å². The molecule has 5 heteroatoms. The zero-order valence-corrected chi connectivity index (χ0v) is 11.4. The first-order valence-electron chi connectivity index (χ1n) is 6.69. The fourth-order valence-electron chi connectivity index (χ4n) is 2.13. The molecule has 1 unspecified atom stereocenters. The molecule has 0 aromatic carbocycles. The Morgan fingerprint density at radius 3 is 3.00 bits per heavy atom. The fraction of sp³-hybridized carbons (Fsp3) is 0.692. The van der Waals surface area contributed by atoms with Crippen LogP contribution in [-0.2, 0) is 4.74 Å². The third kappa shape index (κ3) is 3.10. The summed E-state index contributed by atoms with van der Waals surface area (Å²) in [5.41, 5.74) is 0.996. The zero-order valence-electron chi connectivity index (χ0n) is 11.4. The van der Waals surface area contributed by atoms with E-state index in [2.05, 4.69) is 27.1 Å². The summed E-state index contributed by atoms with van der Waals surface area (Å²) in [6.07, 6.45) is 1.36. The van der Waals surface area contributed by atoms with Gasteiger partial charge >= 0.3 is 0 Å². The van der Waals surface area contributed by atoms with E-state index in [1.54, 1.807) is 0 Å². The van der Waals surface area contributed by atoms with Crippen molar-refractivity contribution in [3.63, 3.8) is 0 Å². The van der Waals surface area contributed by atoms with E-state index in [4.69, 9.17) is 4.74 Å². The summed E-state index contributed by atoms with van der Waals surface area (Å²) in [7, 11) is 0. The number of rotatable bonds is 4. The highest BCUT2D eigenvalue weighted by atomic mass is 16.5. The highest BCUT2D eigenvalue weighted by Gasteiger charge is 2.20. The molecule has 2 heterocycles. The van der Waals surface area contributed by atoms with Crippen LogP contribution in [-0.4, -0.2) is 42.3 Å². The Kier molecular flexibility index (Phi) is 4.36. The van der Waals surface area contributed by atoms with Crippen molar-refractivity contribution in [2.45, 2.75) is 33.3 Å². The van der Waals surface area contributed by atoms with Crippen molar-refractivity contribution in [2.75, 3.05) is 36.5 Å². The molecule has 2 rings (SSSR count). The molecule has 18 heavy (non-hydrogen) atoms. The van der Waals surface area contributed by atoms with Crippen LogP contribution < -0.4 is 10.2 Å². The van der Waals surface area contributed by atoms with E-state index < -0.39 is 0 Å². The van der Waals surface area contributed by atoms with Gasteiger partial charge < -0.3 is 15.0 Å². The van der Waals surface area contributed by atoms with E-state index in [1.165, 1.54) is 0 Å². The van der Waals surface area contributed by atoms with Gasteiger partial charge in [0.2, 0.25) is 5.95 Å². The Balaban J connectivity index is 2.16. The Bertz CT molecular complexity index is 397. The molecule has 0 radical (unpaired) electrons. The van der Waals surface area contributed by atoms with Gasteiger partial charge in [-0.3, -0.25) is 0 Å². The molecular formula is C13H22N4O. The zero-order chi connectivity index (χ0) is 13.0. The molecule has 1 fully saturated rings. The van der Waals surface area contributed by atoms with Crippen molar-refractivity contribution in [2.24, 2.45) is 0 Å². The maximum Gasteiger partial charge on any atom is 0.224 e. The SMILES string of the molecule is CCNc1nc(C)cc(N2CCOC(CC)C2)n1. The molecule has 100 valence electrons. The summed E-state index contributed by atoms with van der Waals surface area (Å²) in [6, 6.07) is 2.04. The van der Waals surface area contributed by atoms with Crippen molar-refractivity contribution < 1.29 is 4.74 Å². The molecule has 1 aromatic rings. The molecule has 1 aliphatic rings. The number of ether oxygens (including phenoxy) is 1. The van der Waals surface area contributed by atoms with E-state index in [9.17, 15) is 0 Å². The molecular weight excluding hydrogens is 228 g/mol. The molecule has 1 atom stereocenters. The van der Waals surface area contributed by atoms with Gasteiger partial charge in [-0.1, -0.05) is 6.92 Å². The summed E-state index contributed by atoms with van der Waals surface area (Å²) >= 11 is 0. The van der Waals surface area contributed by atoms with Crippen LogP contribution in [0.1, 0.15) is 26.0 Å². The lowest BCUT2D eigenvalue weighted by Gasteiger charge is -2.33. The van der Waals surface area contributed by atoms with Crippen molar-refractivity contribution in [1.82, 2.24) is 9.97 Å². The van der Waals surface area contributed by atoms with Crippen molar-refractivity contribution in [1.29, 1.82) is 0 Å². The van der Waals surface area contributed by atoms with E-state index in [0.29, 0.717) is 12.1 Å². The topological polar surface area (TPSA) is 50.3 Å². The number of morpholine rings is 1. The van der Waals surface area contributed by atoms with Crippen LogP contribution in [0.3, 0.4) is 0 Å². The quantitative estimate of drug-likeness (QED) is 0.883. The van der Waals surface area contributed by atoms with Crippen LogP contribution in [0.15, 0.2) is 6.07 Å². The first-order chi connectivity index (χ1) is 8.72. The van der Waals surface area contributed by atoms with E-state index in [-0.39, 0.29) is 0 Å². The molecule has 1 N–H and O–H groups in total. The average Bonchev–Trinajstić information content (AvgIpc) is 2.38. The minimum atomic E-state index is 0.316. The van der Waals surface area contributed by atoms with Crippen LogP contribution in [0, 0.1) is 6.92 Å². The van der Waals surface area contributed by atoms with Gasteiger partial charge in [0.25, 0.3) is 0 Å². The number of anilines is 2. The Hall–Kier alpha value is -1.36. The van der Waals surface area contributed by atoms with Crippen molar-refractivity contribution in [3.8, 4) is 0 Å². The summed E-state index contributed by atoms with van der Waals surface area (Å²) in [4.78, 5) is 11.2. The second-order valence-electron chi connectivity index (χ2n) is 4.57. The number of nitrogens with zero attached hydrogens (tertiary/aromatic N) is 3. The lowest BCUT2D eigenvalue weighted by Crippen LogP contribution is -2.42. The number of hydrogen-bond acceptors (Lipinski definition) is 5. The third-order valence-electron chi connectivity index (χ3n) is 3.09. The van der Waals surface area contributed by atoms with Gasteiger partial charge in [-0.25, -0.2) is 4.98 Å². The Labute approximate surface area is 109 Å². The minimum absolute atomic E-state index is 0.316. The summed E-state index contributed by atoms with van der Waals surface area (Å²) in [6.45, 7) is 9.64. The fourth-order valence-corrected chi connectivity index (χ4v) is 2.13. The van der Waals surface area contributed by atoms with Gasteiger partial charge in [0.05, 0.1) is 12.7 Å². The van der Waals surface area contributed by atoms with Gasteiger partial charge in [-0.05, 0) is 20.3 Å². The van der Waals surface area contributed by atoms with Gasteiger partial charge in [-0.2, -0.15) is 4.98 Å². The molecule has 0 bridgehead atoms. The first-order valence-corrected chi connectivity index (χ1v) is 6.69. The van der Waals surface area contributed by atoms with E-state index in [1.807, 2.05) is 19.9 Å². The predicted molar refractivity (Wildman–Crippen MR) is 73.2 cm³/mol. The van der Waals surface area contributed by atoms with Crippen LogP contribution >= 0.6 is 0 Å². The second-order valence-corrected chi connectivity index (χ2v) is 4.57. The van der Waals surface area contributed by atoms with Gasteiger partial charge in [0, 0.05) is 31.4 Å². The monoisotopic (exact) mass is 250 g/mol. The van der Waals surface area contributed by atoms with Crippen LogP contribution in [0.2, 0.25) is 0 Å². The van der Waals surface area contributed by atoms with Gasteiger partial charge in [-0.15, -0.1) is 0 Å². The average molecular weight is 250 g/mol. The molecule has 0 aliphatic carbocycles. The maximum absolute atomic E-state index is 5.69. The smallest absolute Gasteiger partial charge is 0.224 e. The predicted octanol–water partition coefficient (Wildman–Crippen LogP) is 1.83. The number of nitrogens with one attached hydrogen (secondary N) is 1. The molecule has 1 saturated heterocycles. The van der Waals surface area contributed by atoms with Crippen LogP contribution in [0.4, 0.5) is 11.8 Å². The Morgan fingerprint density at radius 2 is 2.28 bits per heavy atom. The molecule has 1 aromatic heterocycles. The third-order valence-corrected chi connectivity index (χ3v) is 3.09. The molecule has 0 saturated carbocycles. The minimum Gasteiger partial charge on any atom is -0.375 e. The second kappa shape index (κ2) is 6.00. The molecule has 1 aliphatic heterocycles. The largest absolute Gasteiger partial charge is 0.375 e. The van der Waals surface area contributed by atoms with E-state index in [0.717, 1.165) is 44.2 Å². The molecule has 0 spiro atoms. The molecule has 0 amide bonds. The highest BCUT2D eigenvalue weighted by Crippen LogP contribution is 2.18. The lowest BCUT2D eigenvalue weighted by molar-refractivity contribution is 0.0381. The van der Waals surface area contributed by atoms with Crippen LogP contribution in [0.25, 0.3) is 0 Å². The highest BCUT2D eigenvalue weighted by molar-refractivity contribution is 5.45. The number of aromatic nitrogens is 2. The summed E-state index contributed by atoms with van der Waals surface area (Å²) in [5.74, 6) is 1.72. The Morgan fingerprint density at radius 1 is 1.44 bits per heavy atom. The number of aryl methyl sites for hydroxylation is 1. The lowest BCUT2D eigenvalue weighted by atomic mass is 10.2. The normalized spacial score (nSPS) is 19.9. The van der Waals surface area contributed by atoms with Crippen molar-refractivity contribution in [3.05, 3.63) is 11.8 Å². The van der Waals surface area contributed by atoms with Crippen molar-refractivity contribution >= 4 is 11.8 Å². The maximum atomic E-state index is 5.69. The standard InChI is InChI=1S/C13H22N4O/c1-4-11-9-17(6-7-18-11)12-8-10(3)15-13(16-12)14-5-2/h8,11H,4-7,9H2,1-3H3,(H,14,15,16). The van der Waals surface area contributed by atoms with E-state index >= 15 is 0 Å². The number of hydrogen-bond donors (Lipinski definition) is 1. The summed E-state index contributed by atoms with van der Waals surface area (Å²) in [5, 5.41) is 3.17. The first kappa shape index (κ1) is 13.1. The summed E-state index contributed by atoms with van der Waals surface area (Å²) < 4.78 is 5.69.